The lowest BCUT2D eigenvalue weighted by Crippen LogP contribution is -2.61. The van der Waals surface area contributed by atoms with Crippen LogP contribution in [0.1, 0.15) is 40.5 Å². The second-order valence-corrected chi connectivity index (χ2v) is 4.91. The predicted molar refractivity (Wildman–Crippen MR) is 67.9 cm³/mol. The summed E-state index contributed by atoms with van der Waals surface area (Å²) in [6, 6.07) is 0. The fraction of sp³-hybridized carbons (Fsp3) is 0.714. The van der Waals surface area contributed by atoms with Crippen LogP contribution < -0.4 is 5.32 Å². The highest BCUT2D eigenvalue weighted by atomic mass is 15.0. The summed E-state index contributed by atoms with van der Waals surface area (Å²) in [6.45, 7) is 13.3. The zero-order chi connectivity index (χ0) is 11.7. The molecule has 2 atom stereocenters. The summed E-state index contributed by atoms with van der Waals surface area (Å²) in [4.78, 5) is 0. The summed E-state index contributed by atoms with van der Waals surface area (Å²) < 4.78 is 0. The molecule has 0 amide bonds. The first-order valence-corrected chi connectivity index (χ1v) is 6.08. The molecule has 0 saturated heterocycles. The van der Waals surface area contributed by atoms with Crippen molar-refractivity contribution < 1.29 is 0 Å². The quantitative estimate of drug-likeness (QED) is 0.680. The molecule has 15 heavy (non-hydrogen) atoms. The summed E-state index contributed by atoms with van der Waals surface area (Å²) in [6.07, 6.45) is 6.91. The van der Waals surface area contributed by atoms with Crippen LogP contribution in [0.5, 0.6) is 0 Å². The van der Waals surface area contributed by atoms with Gasteiger partial charge in [0.25, 0.3) is 0 Å². The van der Waals surface area contributed by atoms with Gasteiger partial charge in [0, 0.05) is 11.0 Å². The van der Waals surface area contributed by atoms with Gasteiger partial charge in [-0.3, -0.25) is 0 Å². The minimum atomic E-state index is 0.142. The van der Waals surface area contributed by atoms with E-state index in [0.717, 1.165) is 12.8 Å². The van der Waals surface area contributed by atoms with E-state index in [-0.39, 0.29) is 11.0 Å². The second-order valence-electron chi connectivity index (χ2n) is 4.91. The number of rotatable bonds is 5. The molecule has 1 aliphatic rings. The molecule has 0 spiro atoms. The average Bonchev–Trinajstić information content (AvgIpc) is 2.20. The third-order valence-corrected chi connectivity index (χ3v) is 4.28. The van der Waals surface area contributed by atoms with E-state index in [1.165, 1.54) is 5.57 Å². The monoisotopic (exact) mass is 207 g/mol. The van der Waals surface area contributed by atoms with E-state index in [1.54, 1.807) is 0 Å². The smallest absolute Gasteiger partial charge is 0.0489 e. The van der Waals surface area contributed by atoms with Gasteiger partial charge >= 0.3 is 0 Å². The van der Waals surface area contributed by atoms with E-state index in [9.17, 15) is 0 Å². The Morgan fingerprint density at radius 3 is 2.07 bits per heavy atom. The molecule has 1 nitrogen and oxygen atoms in total. The van der Waals surface area contributed by atoms with Gasteiger partial charge in [-0.25, -0.2) is 0 Å². The van der Waals surface area contributed by atoms with Crippen LogP contribution in [-0.2, 0) is 0 Å². The standard InChI is InChI=1S/C14H25N/c1-7-13(12(5)11(3)4)9-10-14(13,8-2)15-6/h9-11,15H,5,7-8H2,1-4,6H3. The van der Waals surface area contributed by atoms with Crippen LogP contribution in [0.25, 0.3) is 0 Å². The molecule has 1 N–H and O–H groups in total. The molecule has 1 heteroatoms. The van der Waals surface area contributed by atoms with Gasteiger partial charge in [0.15, 0.2) is 0 Å². The van der Waals surface area contributed by atoms with E-state index in [0.29, 0.717) is 5.92 Å². The zero-order valence-corrected chi connectivity index (χ0v) is 10.9. The Balaban J connectivity index is 3.08. The highest BCUT2D eigenvalue weighted by Crippen LogP contribution is 2.53. The molecule has 0 bridgehead atoms. The summed E-state index contributed by atoms with van der Waals surface area (Å²) in [5.74, 6) is 0.550. The Morgan fingerprint density at radius 1 is 1.27 bits per heavy atom. The summed E-state index contributed by atoms with van der Waals surface area (Å²) in [7, 11) is 2.06. The van der Waals surface area contributed by atoms with E-state index >= 15 is 0 Å². The lowest BCUT2D eigenvalue weighted by atomic mass is 9.53. The van der Waals surface area contributed by atoms with Gasteiger partial charge in [-0.15, -0.1) is 0 Å². The van der Waals surface area contributed by atoms with Crippen LogP contribution in [0.15, 0.2) is 24.3 Å². The van der Waals surface area contributed by atoms with Gasteiger partial charge < -0.3 is 5.32 Å². The molecule has 0 fully saturated rings. The van der Waals surface area contributed by atoms with E-state index in [2.05, 4.69) is 58.8 Å². The van der Waals surface area contributed by atoms with E-state index in [1.807, 2.05) is 0 Å². The van der Waals surface area contributed by atoms with Crippen molar-refractivity contribution >= 4 is 0 Å². The molecule has 86 valence electrons. The van der Waals surface area contributed by atoms with Crippen LogP contribution in [-0.4, -0.2) is 12.6 Å². The van der Waals surface area contributed by atoms with Crippen molar-refractivity contribution in [2.24, 2.45) is 11.3 Å². The average molecular weight is 207 g/mol. The molecule has 2 unspecified atom stereocenters. The Kier molecular flexibility index (Phi) is 3.44. The van der Waals surface area contributed by atoms with E-state index in [4.69, 9.17) is 0 Å². The lowest BCUT2D eigenvalue weighted by Gasteiger charge is -2.56. The molecule has 0 heterocycles. The van der Waals surface area contributed by atoms with Crippen LogP contribution in [0.4, 0.5) is 0 Å². The maximum Gasteiger partial charge on any atom is 0.0489 e. The summed E-state index contributed by atoms with van der Waals surface area (Å²) >= 11 is 0. The molecule has 1 rings (SSSR count). The first kappa shape index (κ1) is 12.5. The van der Waals surface area contributed by atoms with Gasteiger partial charge in [0.1, 0.15) is 0 Å². The Bertz CT molecular complexity index is 271. The predicted octanol–water partition coefficient (Wildman–Crippen LogP) is 3.53. The van der Waals surface area contributed by atoms with Crippen molar-refractivity contribution in [1.29, 1.82) is 0 Å². The van der Waals surface area contributed by atoms with Crippen molar-refractivity contribution in [1.82, 2.24) is 5.32 Å². The highest BCUT2D eigenvalue weighted by Gasteiger charge is 2.52. The SMILES string of the molecule is C=C(C(C)C)C1(CC)C=CC1(CC)NC. The Morgan fingerprint density at radius 2 is 1.87 bits per heavy atom. The minimum absolute atomic E-state index is 0.142. The van der Waals surface area contributed by atoms with Crippen molar-refractivity contribution in [3.63, 3.8) is 0 Å². The van der Waals surface area contributed by atoms with Crippen LogP contribution in [0.3, 0.4) is 0 Å². The summed E-state index contributed by atoms with van der Waals surface area (Å²) in [5, 5.41) is 3.49. The maximum atomic E-state index is 4.32. The largest absolute Gasteiger partial charge is 0.310 e. The maximum absolute atomic E-state index is 4.32. The first-order chi connectivity index (χ1) is 6.99. The fourth-order valence-electron chi connectivity index (χ4n) is 2.97. The summed E-state index contributed by atoms with van der Waals surface area (Å²) in [5.41, 5.74) is 1.68. The van der Waals surface area contributed by atoms with Crippen molar-refractivity contribution in [2.45, 2.75) is 46.1 Å². The third kappa shape index (κ3) is 1.48. The molecular formula is C14H25N. The molecule has 0 saturated carbocycles. The molecule has 0 aliphatic heterocycles. The second kappa shape index (κ2) is 4.13. The molecule has 0 aromatic rings. The number of hydrogen-bond acceptors (Lipinski definition) is 1. The first-order valence-electron chi connectivity index (χ1n) is 6.08. The van der Waals surface area contributed by atoms with Crippen molar-refractivity contribution in [3.05, 3.63) is 24.3 Å². The van der Waals surface area contributed by atoms with Crippen LogP contribution in [0.2, 0.25) is 0 Å². The van der Waals surface area contributed by atoms with Gasteiger partial charge in [-0.05, 0) is 25.8 Å². The van der Waals surface area contributed by atoms with E-state index < -0.39 is 0 Å². The van der Waals surface area contributed by atoms with Gasteiger partial charge in [0.2, 0.25) is 0 Å². The van der Waals surface area contributed by atoms with Crippen LogP contribution in [0, 0.1) is 11.3 Å². The zero-order valence-electron chi connectivity index (χ0n) is 10.9. The van der Waals surface area contributed by atoms with Gasteiger partial charge in [0.05, 0.1) is 0 Å². The van der Waals surface area contributed by atoms with Crippen molar-refractivity contribution in [3.8, 4) is 0 Å². The Hall–Kier alpha value is -0.560. The number of hydrogen-bond donors (Lipinski definition) is 1. The van der Waals surface area contributed by atoms with Crippen LogP contribution >= 0.6 is 0 Å². The van der Waals surface area contributed by atoms with Gasteiger partial charge in [-0.1, -0.05) is 52.0 Å². The normalized spacial score (nSPS) is 34.3. The fourth-order valence-corrected chi connectivity index (χ4v) is 2.97. The number of nitrogens with one attached hydrogen (secondary N) is 1. The topological polar surface area (TPSA) is 12.0 Å². The molecule has 1 aliphatic carbocycles. The minimum Gasteiger partial charge on any atom is -0.310 e. The molecule has 0 radical (unpaired) electrons. The lowest BCUT2D eigenvalue weighted by molar-refractivity contribution is 0.169. The number of likely N-dealkylation sites (N-methyl/N-ethyl adjacent to an activating group) is 1. The Labute approximate surface area is 94.6 Å². The van der Waals surface area contributed by atoms with Crippen molar-refractivity contribution in [2.75, 3.05) is 7.05 Å². The molecule has 0 aromatic carbocycles. The highest BCUT2D eigenvalue weighted by molar-refractivity contribution is 5.42. The van der Waals surface area contributed by atoms with Gasteiger partial charge in [-0.2, -0.15) is 0 Å². The molecule has 0 aromatic heterocycles. The molecular weight excluding hydrogens is 182 g/mol. The third-order valence-electron chi connectivity index (χ3n) is 4.28.